The van der Waals surface area contributed by atoms with E-state index in [9.17, 15) is 19.7 Å². The van der Waals surface area contributed by atoms with Crippen LogP contribution in [0.25, 0.3) is 0 Å². The Morgan fingerprint density at radius 1 is 1.22 bits per heavy atom. The third kappa shape index (κ3) is 6.38. The van der Waals surface area contributed by atoms with E-state index in [4.69, 9.17) is 16.3 Å². The highest BCUT2D eigenvalue weighted by Gasteiger charge is 2.17. The number of carbonyl (C=O) groups is 2. The number of rotatable bonds is 8. The third-order valence-corrected chi connectivity index (χ3v) is 4.15. The first-order chi connectivity index (χ1) is 12.9. The van der Waals surface area contributed by atoms with E-state index < -0.39 is 23.4 Å². The largest absolute Gasteiger partial charge is 0.452 e. The van der Waals surface area contributed by atoms with E-state index in [2.05, 4.69) is 5.32 Å². The smallest absolute Gasteiger partial charge is 0.340 e. The van der Waals surface area contributed by atoms with Crippen molar-refractivity contribution >= 4 is 29.2 Å². The van der Waals surface area contributed by atoms with Gasteiger partial charge in [-0.25, -0.2) is 4.79 Å². The van der Waals surface area contributed by atoms with E-state index in [1.807, 2.05) is 37.3 Å². The van der Waals surface area contributed by atoms with Gasteiger partial charge in [-0.05, 0) is 31.4 Å². The van der Waals surface area contributed by atoms with Crippen LogP contribution in [0.3, 0.4) is 0 Å². The average Bonchev–Trinajstić information content (AvgIpc) is 2.65. The molecule has 27 heavy (non-hydrogen) atoms. The average molecular weight is 391 g/mol. The molecule has 0 aliphatic rings. The second-order valence-corrected chi connectivity index (χ2v) is 6.40. The first-order valence-corrected chi connectivity index (χ1v) is 8.69. The number of carbonyl (C=O) groups excluding carboxylic acids is 2. The molecule has 1 atom stereocenters. The molecule has 0 fully saturated rings. The minimum Gasteiger partial charge on any atom is -0.452 e. The number of esters is 1. The number of ether oxygens (including phenoxy) is 1. The maximum Gasteiger partial charge on any atom is 0.340 e. The Labute approximate surface area is 161 Å². The van der Waals surface area contributed by atoms with Crippen molar-refractivity contribution in [3.63, 3.8) is 0 Å². The molecule has 1 N–H and O–H groups in total. The van der Waals surface area contributed by atoms with Crippen molar-refractivity contribution in [3.05, 3.63) is 74.8 Å². The van der Waals surface area contributed by atoms with E-state index in [1.54, 1.807) is 0 Å². The van der Waals surface area contributed by atoms with Gasteiger partial charge >= 0.3 is 5.97 Å². The van der Waals surface area contributed by atoms with E-state index in [1.165, 1.54) is 11.6 Å². The van der Waals surface area contributed by atoms with Gasteiger partial charge in [-0.15, -0.1) is 0 Å². The third-order valence-electron chi connectivity index (χ3n) is 3.83. The number of amides is 1. The van der Waals surface area contributed by atoms with Gasteiger partial charge in [-0.2, -0.15) is 0 Å². The predicted octanol–water partition coefficient (Wildman–Crippen LogP) is 3.54. The van der Waals surface area contributed by atoms with E-state index in [0.29, 0.717) is 0 Å². The Bertz CT molecular complexity index is 826. The lowest BCUT2D eigenvalue weighted by atomic mass is 10.1. The first kappa shape index (κ1) is 20.4. The molecule has 0 spiro atoms. The van der Waals surface area contributed by atoms with Crippen molar-refractivity contribution in [2.24, 2.45) is 0 Å². The molecule has 8 heteroatoms. The second kappa shape index (κ2) is 9.68. The van der Waals surface area contributed by atoms with Crippen LogP contribution in [-0.4, -0.2) is 29.4 Å². The van der Waals surface area contributed by atoms with Crippen LogP contribution in [0.15, 0.2) is 48.5 Å². The molecule has 1 amide bonds. The monoisotopic (exact) mass is 390 g/mol. The lowest BCUT2D eigenvalue weighted by Crippen LogP contribution is -2.36. The summed E-state index contributed by atoms with van der Waals surface area (Å²) >= 11 is 5.86. The lowest BCUT2D eigenvalue weighted by molar-refractivity contribution is -0.384. The number of nitro groups is 1. The first-order valence-electron chi connectivity index (χ1n) is 8.31. The Morgan fingerprint density at radius 2 is 1.93 bits per heavy atom. The number of hydrogen-bond donors (Lipinski definition) is 1. The van der Waals surface area contributed by atoms with Gasteiger partial charge in [-0.3, -0.25) is 14.9 Å². The number of nitro benzene ring substituents is 1. The molecule has 7 nitrogen and oxygen atoms in total. The molecule has 0 bridgehead atoms. The Balaban J connectivity index is 1.79. The van der Waals surface area contributed by atoms with Crippen LogP contribution in [0.1, 0.15) is 29.3 Å². The SMILES string of the molecule is C[C@H](CCc1ccccc1)NC(=O)COC(=O)c1ccc([N+](=O)[O-])cc1Cl. The maximum atomic E-state index is 12.0. The molecule has 2 aromatic carbocycles. The van der Waals surface area contributed by atoms with Crippen molar-refractivity contribution < 1.29 is 19.2 Å². The summed E-state index contributed by atoms with van der Waals surface area (Å²) < 4.78 is 4.93. The predicted molar refractivity (Wildman–Crippen MR) is 101 cm³/mol. The number of hydrogen-bond acceptors (Lipinski definition) is 5. The Hall–Kier alpha value is -2.93. The van der Waals surface area contributed by atoms with Crippen molar-refractivity contribution in [2.75, 3.05) is 6.61 Å². The number of aryl methyl sites for hydroxylation is 1. The lowest BCUT2D eigenvalue weighted by Gasteiger charge is -2.14. The fourth-order valence-electron chi connectivity index (χ4n) is 2.41. The van der Waals surface area contributed by atoms with Crippen LogP contribution in [-0.2, 0) is 16.0 Å². The van der Waals surface area contributed by atoms with Gasteiger partial charge in [-0.1, -0.05) is 41.9 Å². The normalized spacial score (nSPS) is 11.5. The number of halogens is 1. The Kier molecular flexibility index (Phi) is 7.31. The molecule has 2 aromatic rings. The van der Waals surface area contributed by atoms with E-state index >= 15 is 0 Å². The van der Waals surface area contributed by atoms with Gasteiger partial charge in [0.2, 0.25) is 0 Å². The molecule has 0 saturated heterocycles. The number of non-ortho nitro benzene ring substituents is 1. The topological polar surface area (TPSA) is 98.5 Å². The van der Waals surface area contributed by atoms with Gasteiger partial charge < -0.3 is 10.1 Å². The van der Waals surface area contributed by atoms with Gasteiger partial charge in [0.15, 0.2) is 6.61 Å². The zero-order valence-corrected chi connectivity index (χ0v) is 15.4. The molecule has 2 rings (SSSR count). The van der Waals surface area contributed by atoms with Crippen molar-refractivity contribution in [1.82, 2.24) is 5.32 Å². The van der Waals surface area contributed by atoms with Crippen LogP contribution >= 0.6 is 11.6 Å². The van der Waals surface area contributed by atoms with Crippen molar-refractivity contribution in [2.45, 2.75) is 25.8 Å². The van der Waals surface area contributed by atoms with Crippen molar-refractivity contribution in [1.29, 1.82) is 0 Å². The van der Waals surface area contributed by atoms with Gasteiger partial charge in [0.1, 0.15) is 0 Å². The molecule has 0 saturated carbocycles. The van der Waals surface area contributed by atoms with Gasteiger partial charge in [0.05, 0.1) is 15.5 Å². The van der Waals surface area contributed by atoms with Gasteiger partial charge in [0, 0.05) is 18.2 Å². The summed E-state index contributed by atoms with van der Waals surface area (Å²) in [5.74, 6) is -1.25. The quantitative estimate of drug-likeness (QED) is 0.422. The fourth-order valence-corrected chi connectivity index (χ4v) is 2.66. The molecular weight excluding hydrogens is 372 g/mol. The molecular formula is C19H19ClN2O5. The van der Waals surface area contributed by atoms with E-state index in [-0.39, 0.29) is 22.3 Å². The van der Waals surface area contributed by atoms with Crippen LogP contribution < -0.4 is 5.32 Å². The molecule has 0 aromatic heterocycles. The summed E-state index contributed by atoms with van der Waals surface area (Å²) in [4.78, 5) is 34.0. The molecule has 142 valence electrons. The zero-order valence-electron chi connectivity index (χ0n) is 14.7. The molecule has 0 aliphatic heterocycles. The van der Waals surface area contributed by atoms with Crippen molar-refractivity contribution in [3.8, 4) is 0 Å². The highest BCUT2D eigenvalue weighted by molar-refractivity contribution is 6.33. The standard InChI is InChI=1S/C19H19ClN2O5/c1-13(7-8-14-5-3-2-4-6-14)21-18(23)12-27-19(24)16-10-9-15(22(25)26)11-17(16)20/h2-6,9-11,13H,7-8,12H2,1H3,(H,21,23)/t13-/m1/s1. The minimum absolute atomic E-state index is 0.0350. The zero-order chi connectivity index (χ0) is 19.8. The molecule has 0 aliphatic carbocycles. The summed E-state index contributed by atoms with van der Waals surface area (Å²) in [6.07, 6.45) is 1.57. The molecule has 0 heterocycles. The fraction of sp³-hybridized carbons (Fsp3) is 0.263. The number of nitrogens with one attached hydrogen (secondary N) is 1. The Morgan fingerprint density at radius 3 is 2.56 bits per heavy atom. The minimum atomic E-state index is -0.818. The molecule has 0 unspecified atom stereocenters. The summed E-state index contributed by atoms with van der Waals surface area (Å²) in [7, 11) is 0. The molecule has 0 radical (unpaired) electrons. The van der Waals surface area contributed by atoms with E-state index in [0.717, 1.165) is 25.0 Å². The van der Waals surface area contributed by atoms with Crippen LogP contribution in [0.5, 0.6) is 0 Å². The second-order valence-electron chi connectivity index (χ2n) is 5.99. The van der Waals surface area contributed by atoms with Gasteiger partial charge in [0.25, 0.3) is 11.6 Å². The highest BCUT2D eigenvalue weighted by atomic mass is 35.5. The summed E-state index contributed by atoms with van der Waals surface area (Å²) in [6, 6.07) is 13.2. The van der Waals surface area contributed by atoms with Crippen LogP contribution in [0.2, 0.25) is 5.02 Å². The van der Waals surface area contributed by atoms with Crippen LogP contribution in [0, 0.1) is 10.1 Å². The van der Waals surface area contributed by atoms with Crippen LogP contribution in [0.4, 0.5) is 5.69 Å². The summed E-state index contributed by atoms with van der Waals surface area (Å²) in [5.41, 5.74) is 0.909. The highest BCUT2D eigenvalue weighted by Crippen LogP contribution is 2.23. The number of nitrogens with zero attached hydrogens (tertiary/aromatic N) is 1. The number of benzene rings is 2. The summed E-state index contributed by atoms with van der Waals surface area (Å²) in [5, 5.41) is 13.3. The summed E-state index contributed by atoms with van der Waals surface area (Å²) in [6.45, 7) is 1.41. The maximum absolute atomic E-state index is 12.0.